The van der Waals surface area contributed by atoms with Crippen molar-refractivity contribution in [1.29, 1.82) is 0 Å². The smallest absolute Gasteiger partial charge is 0.357 e. The van der Waals surface area contributed by atoms with Gasteiger partial charge in [0, 0.05) is 37.5 Å². The summed E-state index contributed by atoms with van der Waals surface area (Å²) in [4.78, 5) is 21.4. The van der Waals surface area contributed by atoms with Crippen LogP contribution >= 0.6 is 11.3 Å². The van der Waals surface area contributed by atoms with Crippen molar-refractivity contribution in [2.45, 2.75) is 45.5 Å². The summed E-state index contributed by atoms with van der Waals surface area (Å²) in [6.07, 6.45) is -3.14. The molecule has 2 heterocycles. The molecule has 0 spiro atoms. The molecule has 1 aromatic rings. The zero-order chi connectivity index (χ0) is 18.4. The van der Waals surface area contributed by atoms with Crippen molar-refractivity contribution in [2.24, 2.45) is 4.99 Å². The SMILES string of the molecule is CCNC(=NCc1nc(C(F)(F)F)cs1)NC1CCN(C(=O)CC)C1. The van der Waals surface area contributed by atoms with Crippen molar-refractivity contribution < 1.29 is 18.0 Å². The number of guanidine groups is 1. The lowest BCUT2D eigenvalue weighted by Crippen LogP contribution is -2.45. The molecule has 140 valence electrons. The number of aromatic nitrogens is 1. The quantitative estimate of drug-likeness (QED) is 0.610. The van der Waals surface area contributed by atoms with E-state index in [9.17, 15) is 18.0 Å². The first kappa shape index (κ1) is 19.5. The summed E-state index contributed by atoms with van der Waals surface area (Å²) in [6.45, 7) is 5.74. The number of carbonyl (C=O) groups is 1. The van der Waals surface area contributed by atoms with Gasteiger partial charge in [0.1, 0.15) is 5.01 Å². The molecule has 1 amide bonds. The number of carbonyl (C=O) groups excluding carboxylic acids is 1. The largest absolute Gasteiger partial charge is 0.434 e. The molecule has 1 saturated heterocycles. The van der Waals surface area contributed by atoms with Gasteiger partial charge in [-0.1, -0.05) is 6.92 Å². The van der Waals surface area contributed by atoms with Gasteiger partial charge in [0.2, 0.25) is 5.91 Å². The number of amides is 1. The van der Waals surface area contributed by atoms with E-state index in [0.717, 1.165) is 23.1 Å². The number of thiazole rings is 1. The predicted octanol–water partition coefficient (Wildman–Crippen LogP) is 2.23. The zero-order valence-corrected chi connectivity index (χ0v) is 15.0. The van der Waals surface area contributed by atoms with Crippen LogP contribution in [0.25, 0.3) is 0 Å². The van der Waals surface area contributed by atoms with E-state index in [0.29, 0.717) is 37.0 Å². The molecule has 0 aliphatic carbocycles. The molecule has 10 heteroatoms. The minimum atomic E-state index is -4.43. The average molecular weight is 377 g/mol. The van der Waals surface area contributed by atoms with E-state index in [2.05, 4.69) is 20.6 Å². The van der Waals surface area contributed by atoms with Crippen LogP contribution in [0.1, 0.15) is 37.4 Å². The molecule has 2 N–H and O–H groups in total. The number of nitrogens with zero attached hydrogens (tertiary/aromatic N) is 3. The summed E-state index contributed by atoms with van der Waals surface area (Å²) in [5.74, 6) is 0.635. The highest BCUT2D eigenvalue weighted by molar-refractivity contribution is 7.09. The molecule has 0 saturated carbocycles. The Morgan fingerprint density at radius 2 is 2.24 bits per heavy atom. The number of alkyl halides is 3. The highest BCUT2D eigenvalue weighted by atomic mass is 32.1. The van der Waals surface area contributed by atoms with Gasteiger partial charge in [-0.15, -0.1) is 11.3 Å². The number of nitrogens with one attached hydrogen (secondary N) is 2. The second-order valence-electron chi connectivity index (χ2n) is 5.64. The van der Waals surface area contributed by atoms with Crippen LogP contribution in [-0.4, -0.2) is 47.4 Å². The molecule has 0 radical (unpaired) electrons. The van der Waals surface area contributed by atoms with Crippen LogP contribution in [0, 0.1) is 0 Å². The summed E-state index contributed by atoms with van der Waals surface area (Å²) in [5, 5.41) is 7.60. The number of hydrogen-bond acceptors (Lipinski definition) is 4. The zero-order valence-electron chi connectivity index (χ0n) is 14.2. The Labute approximate surface area is 148 Å². The molecule has 1 fully saturated rings. The Bertz CT molecular complexity index is 617. The summed E-state index contributed by atoms with van der Waals surface area (Å²) < 4.78 is 37.7. The van der Waals surface area contributed by atoms with Gasteiger partial charge in [0.05, 0.1) is 6.54 Å². The van der Waals surface area contributed by atoms with E-state index in [1.807, 2.05) is 13.8 Å². The second-order valence-corrected chi connectivity index (χ2v) is 6.59. The molecule has 1 atom stereocenters. The Kier molecular flexibility index (Phi) is 6.63. The maximum Gasteiger partial charge on any atom is 0.434 e. The molecule has 1 aliphatic rings. The number of aliphatic imine (C=N–C) groups is 1. The third-order valence-electron chi connectivity index (χ3n) is 3.74. The third-order valence-corrected chi connectivity index (χ3v) is 4.58. The van der Waals surface area contributed by atoms with Gasteiger partial charge in [-0.25, -0.2) is 9.98 Å². The van der Waals surface area contributed by atoms with Crippen molar-refractivity contribution in [1.82, 2.24) is 20.5 Å². The molecule has 6 nitrogen and oxygen atoms in total. The van der Waals surface area contributed by atoms with E-state index >= 15 is 0 Å². The topological polar surface area (TPSA) is 69.6 Å². The van der Waals surface area contributed by atoms with Crippen molar-refractivity contribution in [3.8, 4) is 0 Å². The molecule has 0 bridgehead atoms. The van der Waals surface area contributed by atoms with Crippen molar-refractivity contribution in [2.75, 3.05) is 19.6 Å². The highest BCUT2D eigenvalue weighted by Crippen LogP contribution is 2.30. The Morgan fingerprint density at radius 1 is 1.48 bits per heavy atom. The van der Waals surface area contributed by atoms with Crippen LogP contribution in [-0.2, 0) is 17.5 Å². The van der Waals surface area contributed by atoms with Crippen LogP contribution in [0.5, 0.6) is 0 Å². The van der Waals surface area contributed by atoms with E-state index in [-0.39, 0.29) is 18.5 Å². The number of rotatable bonds is 5. The fourth-order valence-corrected chi connectivity index (χ4v) is 3.23. The molecular formula is C15H22F3N5OS. The highest BCUT2D eigenvalue weighted by Gasteiger charge is 2.33. The first-order valence-corrected chi connectivity index (χ1v) is 9.05. The molecular weight excluding hydrogens is 355 g/mol. The second kappa shape index (κ2) is 8.50. The lowest BCUT2D eigenvalue weighted by Gasteiger charge is -2.18. The summed E-state index contributed by atoms with van der Waals surface area (Å²) in [5.41, 5.74) is -0.884. The molecule has 1 aliphatic heterocycles. The molecule has 25 heavy (non-hydrogen) atoms. The minimum Gasteiger partial charge on any atom is -0.357 e. The standard InChI is InChI=1S/C15H22F3N5OS/c1-3-13(24)23-6-5-10(8-23)21-14(19-4-2)20-7-12-22-11(9-25-12)15(16,17)18/h9-10H,3-8H2,1-2H3,(H2,19,20,21). The molecule has 0 aromatic carbocycles. The van der Waals surface area contributed by atoms with E-state index < -0.39 is 11.9 Å². The number of likely N-dealkylation sites (tertiary alicyclic amines) is 1. The van der Waals surface area contributed by atoms with Crippen LogP contribution in [0.4, 0.5) is 13.2 Å². The van der Waals surface area contributed by atoms with E-state index in [1.165, 1.54) is 0 Å². The summed E-state index contributed by atoms with van der Waals surface area (Å²) in [6, 6.07) is 0.0790. The van der Waals surface area contributed by atoms with Crippen LogP contribution in [0.3, 0.4) is 0 Å². The lowest BCUT2D eigenvalue weighted by atomic mass is 10.3. The first-order chi connectivity index (χ1) is 11.8. The van der Waals surface area contributed by atoms with Crippen molar-refractivity contribution in [3.05, 3.63) is 16.1 Å². The van der Waals surface area contributed by atoms with Gasteiger partial charge < -0.3 is 15.5 Å². The normalized spacial score (nSPS) is 18.5. The van der Waals surface area contributed by atoms with E-state index in [1.54, 1.807) is 4.90 Å². The Morgan fingerprint density at radius 3 is 2.84 bits per heavy atom. The maximum absolute atomic E-state index is 12.6. The van der Waals surface area contributed by atoms with Crippen LogP contribution in [0.2, 0.25) is 0 Å². The van der Waals surface area contributed by atoms with Crippen LogP contribution in [0.15, 0.2) is 10.4 Å². The minimum absolute atomic E-state index is 0.0698. The average Bonchev–Trinajstić information content (AvgIpc) is 3.21. The molecule has 1 aromatic heterocycles. The number of halogens is 3. The summed E-state index contributed by atoms with van der Waals surface area (Å²) in [7, 11) is 0. The van der Waals surface area contributed by atoms with Crippen molar-refractivity contribution >= 4 is 23.2 Å². The lowest BCUT2D eigenvalue weighted by molar-refractivity contribution is -0.140. The third kappa shape index (κ3) is 5.58. The monoisotopic (exact) mass is 377 g/mol. The Hall–Kier alpha value is -1.84. The van der Waals surface area contributed by atoms with Crippen molar-refractivity contribution in [3.63, 3.8) is 0 Å². The van der Waals surface area contributed by atoms with Crippen LogP contribution < -0.4 is 10.6 Å². The molecule has 1 unspecified atom stereocenters. The van der Waals surface area contributed by atoms with Gasteiger partial charge in [-0.05, 0) is 13.3 Å². The Balaban J connectivity index is 1.95. The maximum atomic E-state index is 12.6. The van der Waals surface area contributed by atoms with Gasteiger partial charge >= 0.3 is 6.18 Å². The van der Waals surface area contributed by atoms with E-state index in [4.69, 9.17) is 0 Å². The molecule has 2 rings (SSSR count). The summed E-state index contributed by atoms with van der Waals surface area (Å²) >= 11 is 0.940. The van der Waals surface area contributed by atoms with Gasteiger partial charge in [-0.2, -0.15) is 13.2 Å². The van der Waals surface area contributed by atoms with Gasteiger partial charge in [0.25, 0.3) is 0 Å². The first-order valence-electron chi connectivity index (χ1n) is 8.17. The fourth-order valence-electron chi connectivity index (χ4n) is 2.50. The van der Waals surface area contributed by atoms with Gasteiger partial charge in [0.15, 0.2) is 11.7 Å². The predicted molar refractivity (Wildman–Crippen MR) is 90.3 cm³/mol. The fraction of sp³-hybridized carbons (Fsp3) is 0.667. The van der Waals surface area contributed by atoms with Gasteiger partial charge in [-0.3, -0.25) is 4.79 Å². The number of hydrogen-bond donors (Lipinski definition) is 2.